The molecule has 0 rings (SSSR count). The highest BCUT2D eigenvalue weighted by molar-refractivity contribution is 5.96. The molecule has 4 heteroatoms. The van der Waals surface area contributed by atoms with Crippen molar-refractivity contribution in [2.45, 2.75) is 40.2 Å². The number of ketones is 1. The van der Waals surface area contributed by atoms with Crippen LogP contribution in [0.4, 0.5) is 0 Å². The molecule has 0 aromatic carbocycles. The molecule has 15 heavy (non-hydrogen) atoms. The minimum Gasteiger partial charge on any atom is -0.466 e. The lowest BCUT2D eigenvalue weighted by Gasteiger charge is -2.15. The van der Waals surface area contributed by atoms with Crippen LogP contribution in [0, 0.1) is 5.92 Å². The number of ether oxygens (including phenoxy) is 2. The number of carbonyl (C=O) groups is 2. The quantitative estimate of drug-likeness (QED) is 0.479. The van der Waals surface area contributed by atoms with Gasteiger partial charge in [0.15, 0.2) is 5.78 Å². The van der Waals surface area contributed by atoms with E-state index in [4.69, 9.17) is 4.74 Å². The second-order valence-electron chi connectivity index (χ2n) is 3.78. The average Bonchev–Trinajstić information content (AvgIpc) is 2.14. The van der Waals surface area contributed by atoms with Gasteiger partial charge in [-0.05, 0) is 19.8 Å². The van der Waals surface area contributed by atoms with Crippen molar-refractivity contribution in [1.29, 1.82) is 0 Å². The number of Topliss-reactive ketones (excluding diaryl/α,β-unsaturated/α-hetero) is 1. The molecule has 0 radical (unpaired) electrons. The molecular weight excluding hydrogens is 196 g/mol. The summed E-state index contributed by atoms with van der Waals surface area (Å²) < 4.78 is 9.94. The highest BCUT2D eigenvalue weighted by Crippen LogP contribution is 2.05. The standard InChI is InChI=1S/C11H20O4/c1-5-14-11(13)6-10(12)7-15-9(4)8(2)3/h8-9H,5-7H2,1-4H3. The summed E-state index contributed by atoms with van der Waals surface area (Å²) in [6.45, 7) is 7.93. The molecule has 4 nitrogen and oxygen atoms in total. The van der Waals surface area contributed by atoms with Gasteiger partial charge in [-0.25, -0.2) is 0 Å². The molecule has 88 valence electrons. The van der Waals surface area contributed by atoms with Crippen LogP contribution in [0.15, 0.2) is 0 Å². The highest BCUT2D eigenvalue weighted by atomic mass is 16.5. The van der Waals surface area contributed by atoms with E-state index in [0.717, 1.165) is 0 Å². The van der Waals surface area contributed by atoms with Gasteiger partial charge in [0.25, 0.3) is 0 Å². The maximum atomic E-state index is 11.2. The fraction of sp³-hybridized carbons (Fsp3) is 0.818. The maximum absolute atomic E-state index is 11.2. The monoisotopic (exact) mass is 216 g/mol. The minimum absolute atomic E-state index is 0.0157. The Balaban J connectivity index is 3.70. The summed E-state index contributed by atoms with van der Waals surface area (Å²) in [6, 6.07) is 0. The van der Waals surface area contributed by atoms with Crippen LogP contribution in [0.5, 0.6) is 0 Å². The lowest BCUT2D eigenvalue weighted by Crippen LogP contribution is -2.22. The molecule has 0 bridgehead atoms. The third-order valence-corrected chi connectivity index (χ3v) is 2.09. The minimum atomic E-state index is -0.483. The van der Waals surface area contributed by atoms with Crippen LogP contribution in [-0.4, -0.2) is 31.1 Å². The lowest BCUT2D eigenvalue weighted by atomic mass is 10.1. The summed E-state index contributed by atoms with van der Waals surface area (Å²) in [5.74, 6) is -0.357. The molecule has 0 saturated heterocycles. The van der Waals surface area contributed by atoms with Crippen LogP contribution >= 0.6 is 0 Å². The molecule has 0 amide bonds. The van der Waals surface area contributed by atoms with E-state index in [2.05, 4.69) is 4.74 Å². The van der Waals surface area contributed by atoms with E-state index in [1.807, 2.05) is 20.8 Å². The van der Waals surface area contributed by atoms with Crippen molar-refractivity contribution < 1.29 is 19.1 Å². The van der Waals surface area contributed by atoms with Crippen molar-refractivity contribution in [1.82, 2.24) is 0 Å². The Labute approximate surface area is 90.9 Å². The lowest BCUT2D eigenvalue weighted by molar-refractivity contribution is -0.146. The summed E-state index contributed by atoms with van der Waals surface area (Å²) in [5, 5.41) is 0. The summed E-state index contributed by atoms with van der Waals surface area (Å²) in [7, 11) is 0. The molecule has 0 N–H and O–H groups in total. The molecule has 0 heterocycles. The Morgan fingerprint density at radius 2 is 1.80 bits per heavy atom. The molecule has 0 aliphatic rings. The first kappa shape index (κ1) is 14.1. The van der Waals surface area contributed by atoms with Crippen LogP contribution in [0.3, 0.4) is 0 Å². The van der Waals surface area contributed by atoms with E-state index in [9.17, 15) is 9.59 Å². The van der Waals surface area contributed by atoms with Gasteiger partial charge >= 0.3 is 5.97 Å². The first-order valence-corrected chi connectivity index (χ1v) is 5.26. The molecular formula is C11H20O4. The van der Waals surface area contributed by atoms with E-state index in [1.165, 1.54) is 0 Å². The number of carbonyl (C=O) groups excluding carboxylic acids is 2. The molecule has 0 spiro atoms. The first-order valence-electron chi connectivity index (χ1n) is 5.26. The third-order valence-electron chi connectivity index (χ3n) is 2.09. The fourth-order valence-electron chi connectivity index (χ4n) is 0.841. The van der Waals surface area contributed by atoms with E-state index in [-0.39, 0.29) is 24.9 Å². The Morgan fingerprint density at radius 1 is 1.20 bits per heavy atom. The number of esters is 1. The van der Waals surface area contributed by atoms with Crippen molar-refractivity contribution in [3.63, 3.8) is 0 Å². The van der Waals surface area contributed by atoms with E-state index in [1.54, 1.807) is 6.92 Å². The van der Waals surface area contributed by atoms with Crippen molar-refractivity contribution >= 4 is 11.8 Å². The zero-order valence-electron chi connectivity index (χ0n) is 9.91. The summed E-state index contributed by atoms with van der Waals surface area (Å²) >= 11 is 0. The number of hydrogen-bond donors (Lipinski definition) is 0. The molecule has 1 unspecified atom stereocenters. The Morgan fingerprint density at radius 3 is 2.27 bits per heavy atom. The van der Waals surface area contributed by atoms with Gasteiger partial charge < -0.3 is 9.47 Å². The third kappa shape index (κ3) is 7.08. The van der Waals surface area contributed by atoms with Gasteiger partial charge in [0.1, 0.15) is 13.0 Å². The van der Waals surface area contributed by atoms with Gasteiger partial charge in [0.05, 0.1) is 12.7 Å². The van der Waals surface area contributed by atoms with Crippen LogP contribution < -0.4 is 0 Å². The normalized spacial score (nSPS) is 12.6. The predicted octanol–water partition coefficient (Wildman–Crippen LogP) is 1.57. The highest BCUT2D eigenvalue weighted by Gasteiger charge is 2.13. The van der Waals surface area contributed by atoms with E-state index >= 15 is 0 Å². The van der Waals surface area contributed by atoms with Gasteiger partial charge in [-0.3, -0.25) is 9.59 Å². The molecule has 1 atom stereocenters. The molecule has 0 aliphatic carbocycles. The Kier molecular flexibility index (Phi) is 6.96. The van der Waals surface area contributed by atoms with Crippen LogP contribution in [-0.2, 0) is 19.1 Å². The van der Waals surface area contributed by atoms with Gasteiger partial charge in [0.2, 0.25) is 0 Å². The summed E-state index contributed by atoms with van der Waals surface area (Å²) in [6.07, 6.45) is -0.172. The number of hydrogen-bond acceptors (Lipinski definition) is 4. The van der Waals surface area contributed by atoms with E-state index in [0.29, 0.717) is 12.5 Å². The predicted molar refractivity (Wildman–Crippen MR) is 56.5 cm³/mol. The van der Waals surface area contributed by atoms with Crippen molar-refractivity contribution in [3.05, 3.63) is 0 Å². The first-order chi connectivity index (χ1) is 6.97. The summed E-state index contributed by atoms with van der Waals surface area (Å²) in [4.78, 5) is 22.2. The van der Waals surface area contributed by atoms with Crippen molar-refractivity contribution in [3.8, 4) is 0 Å². The van der Waals surface area contributed by atoms with Gasteiger partial charge in [0, 0.05) is 0 Å². The Bertz CT molecular complexity index is 211. The van der Waals surface area contributed by atoms with Crippen molar-refractivity contribution in [2.75, 3.05) is 13.2 Å². The number of rotatable bonds is 7. The van der Waals surface area contributed by atoms with Crippen LogP contribution in [0.1, 0.15) is 34.1 Å². The summed E-state index contributed by atoms with van der Waals surface area (Å²) in [5.41, 5.74) is 0. The zero-order valence-corrected chi connectivity index (χ0v) is 9.91. The molecule has 0 aromatic rings. The molecule has 0 aliphatic heterocycles. The SMILES string of the molecule is CCOC(=O)CC(=O)COC(C)C(C)C. The largest absolute Gasteiger partial charge is 0.466 e. The van der Waals surface area contributed by atoms with Crippen LogP contribution in [0.25, 0.3) is 0 Å². The second kappa shape index (κ2) is 7.40. The van der Waals surface area contributed by atoms with E-state index < -0.39 is 5.97 Å². The van der Waals surface area contributed by atoms with Crippen LogP contribution in [0.2, 0.25) is 0 Å². The van der Waals surface area contributed by atoms with Crippen molar-refractivity contribution in [2.24, 2.45) is 5.92 Å². The topological polar surface area (TPSA) is 52.6 Å². The smallest absolute Gasteiger partial charge is 0.313 e. The second-order valence-corrected chi connectivity index (χ2v) is 3.78. The van der Waals surface area contributed by atoms with Gasteiger partial charge in [-0.1, -0.05) is 13.8 Å². The molecule has 0 fully saturated rings. The maximum Gasteiger partial charge on any atom is 0.313 e. The zero-order chi connectivity index (χ0) is 11.8. The molecule has 0 aromatic heterocycles. The average molecular weight is 216 g/mol. The Hall–Kier alpha value is -0.900. The van der Waals surface area contributed by atoms with Gasteiger partial charge in [-0.2, -0.15) is 0 Å². The molecule has 0 saturated carbocycles. The van der Waals surface area contributed by atoms with Gasteiger partial charge in [-0.15, -0.1) is 0 Å². The fourth-order valence-corrected chi connectivity index (χ4v) is 0.841.